The Bertz CT molecular complexity index is 595. The van der Waals surface area contributed by atoms with Gasteiger partial charge in [-0.1, -0.05) is 58.1 Å². The van der Waals surface area contributed by atoms with Crippen molar-refractivity contribution in [1.29, 1.82) is 0 Å². The molecule has 130 valence electrons. The summed E-state index contributed by atoms with van der Waals surface area (Å²) in [4.78, 5) is 7.36. The molecule has 0 atom stereocenters. The van der Waals surface area contributed by atoms with E-state index in [9.17, 15) is 0 Å². The molecular weight excluding hydrogens is 310 g/mol. The molecule has 1 aromatic carbocycles. The van der Waals surface area contributed by atoms with Crippen LogP contribution in [0.2, 0.25) is 0 Å². The minimum Gasteiger partial charge on any atom is -0.255 e. The predicted octanol–water partition coefficient (Wildman–Crippen LogP) is 7.35. The monoisotopic (exact) mass is 341 g/mol. The first-order valence-corrected chi connectivity index (χ1v) is 10.3. The average Bonchev–Trinajstić information content (AvgIpc) is 3.07. The largest absolute Gasteiger partial charge is 0.255 e. The molecule has 0 amide bonds. The van der Waals surface area contributed by atoms with Crippen molar-refractivity contribution in [2.24, 2.45) is 4.99 Å². The molecule has 0 saturated carbocycles. The minimum atomic E-state index is 1.05. The number of hydrogen-bond acceptors (Lipinski definition) is 2. The summed E-state index contributed by atoms with van der Waals surface area (Å²) in [5.74, 6) is 0. The van der Waals surface area contributed by atoms with Crippen molar-refractivity contribution in [2.75, 3.05) is 0 Å². The van der Waals surface area contributed by atoms with Crippen LogP contribution in [0.4, 0.5) is 5.69 Å². The molecule has 1 nitrogen and oxygen atoms in total. The van der Waals surface area contributed by atoms with Crippen molar-refractivity contribution in [3.63, 3.8) is 0 Å². The van der Waals surface area contributed by atoms with E-state index < -0.39 is 0 Å². The van der Waals surface area contributed by atoms with E-state index in [4.69, 9.17) is 0 Å². The van der Waals surface area contributed by atoms with Gasteiger partial charge in [-0.2, -0.15) is 0 Å². The summed E-state index contributed by atoms with van der Waals surface area (Å²) in [7, 11) is 0. The molecule has 1 heterocycles. The maximum absolute atomic E-state index is 4.62. The van der Waals surface area contributed by atoms with E-state index in [-0.39, 0.29) is 0 Å². The molecular formula is C22H31NS. The summed E-state index contributed by atoms with van der Waals surface area (Å²) in [5, 5.41) is 0. The highest BCUT2D eigenvalue weighted by Crippen LogP contribution is 2.20. The molecule has 2 aromatic rings. The van der Waals surface area contributed by atoms with Crippen molar-refractivity contribution in [3.8, 4) is 0 Å². The minimum absolute atomic E-state index is 1.05. The average molecular weight is 342 g/mol. The van der Waals surface area contributed by atoms with Crippen LogP contribution >= 0.6 is 11.3 Å². The second-order valence-electron chi connectivity index (χ2n) is 6.50. The van der Waals surface area contributed by atoms with Crippen LogP contribution in [-0.4, -0.2) is 6.21 Å². The zero-order chi connectivity index (χ0) is 17.0. The summed E-state index contributed by atoms with van der Waals surface area (Å²) in [6, 6.07) is 13.1. The van der Waals surface area contributed by atoms with Crippen molar-refractivity contribution in [2.45, 2.75) is 71.6 Å². The van der Waals surface area contributed by atoms with Crippen LogP contribution < -0.4 is 0 Å². The number of hydrogen-bond donors (Lipinski definition) is 0. The third-order valence-corrected chi connectivity index (χ3v) is 5.38. The standard InChI is InChI=1S/C22H31NS/c1-3-5-7-8-9-11-21-16-17-22(24-21)18-23-20-14-12-19(13-15-20)10-6-4-2/h12-18H,3-11H2,1-2H3. The number of thiophene rings is 1. The topological polar surface area (TPSA) is 12.4 Å². The van der Waals surface area contributed by atoms with Crippen molar-refractivity contribution >= 4 is 23.2 Å². The zero-order valence-corrected chi connectivity index (χ0v) is 16.1. The fourth-order valence-electron chi connectivity index (χ4n) is 2.77. The van der Waals surface area contributed by atoms with Crippen LogP contribution in [-0.2, 0) is 12.8 Å². The van der Waals surface area contributed by atoms with Gasteiger partial charge in [0.2, 0.25) is 0 Å². The Labute approximate surface area is 151 Å². The highest BCUT2D eigenvalue weighted by atomic mass is 32.1. The third kappa shape index (κ3) is 7.00. The highest BCUT2D eigenvalue weighted by Gasteiger charge is 1.99. The number of nitrogens with zero attached hydrogens (tertiary/aromatic N) is 1. The van der Waals surface area contributed by atoms with Crippen LogP contribution in [0.15, 0.2) is 41.4 Å². The molecule has 24 heavy (non-hydrogen) atoms. The number of unbranched alkanes of at least 4 members (excludes halogenated alkanes) is 5. The molecule has 2 heteroatoms. The molecule has 0 N–H and O–H groups in total. The lowest BCUT2D eigenvalue weighted by Gasteiger charge is -2.00. The summed E-state index contributed by atoms with van der Waals surface area (Å²) in [6.45, 7) is 4.50. The summed E-state index contributed by atoms with van der Waals surface area (Å²) >= 11 is 1.88. The smallest absolute Gasteiger partial charge is 0.0630 e. The van der Waals surface area contributed by atoms with E-state index in [1.165, 1.54) is 73.1 Å². The van der Waals surface area contributed by atoms with Crippen molar-refractivity contribution < 1.29 is 0 Å². The van der Waals surface area contributed by atoms with Gasteiger partial charge >= 0.3 is 0 Å². The molecule has 0 saturated heterocycles. The third-order valence-electron chi connectivity index (χ3n) is 4.31. The highest BCUT2D eigenvalue weighted by molar-refractivity contribution is 7.13. The first-order chi connectivity index (χ1) is 11.8. The Morgan fingerprint density at radius 3 is 2.29 bits per heavy atom. The zero-order valence-electron chi connectivity index (χ0n) is 15.3. The normalized spacial score (nSPS) is 11.4. The van der Waals surface area contributed by atoms with Gasteiger partial charge in [0.1, 0.15) is 0 Å². The molecule has 0 fully saturated rings. The number of aliphatic imine (C=N–C) groups is 1. The Hall–Kier alpha value is -1.41. The van der Waals surface area contributed by atoms with Gasteiger partial charge in [0, 0.05) is 16.0 Å². The Morgan fingerprint density at radius 2 is 1.54 bits per heavy atom. The second kappa shape index (κ2) is 11.2. The van der Waals surface area contributed by atoms with Crippen LogP contribution in [0.25, 0.3) is 0 Å². The first kappa shape index (κ1) is 18.9. The lowest BCUT2D eigenvalue weighted by molar-refractivity contribution is 0.634. The molecule has 0 aliphatic rings. The van der Waals surface area contributed by atoms with Crippen LogP contribution in [0.3, 0.4) is 0 Å². The van der Waals surface area contributed by atoms with E-state index in [1.807, 2.05) is 17.6 Å². The van der Waals surface area contributed by atoms with Gasteiger partial charge in [-0.05, 0) is 55.5 Å². The Morgan fingerprint density at radius 1 is 0.792 bits per heavy atom. The molecule has 0 aliphatic carbocycles. The fraction of sp³-hybridized carbons (Fsp3) is 0.500. The first-order valence-electron chi connectivity index (χ1n) is 9.53. The predicted molar refractivity (Wildman–Crippen MR) is 109 cm³/mol. The Kier molecular flexibility index (Phi) is 8.83. The summed E-state index contributed by atoms with van der Waals surface area (Å²) in [6.07, 6.45) is 13.7. The number of rotatable bonds is 11. The van der Waals surface area contributed by atoms with E-state index in [1.54, 1.807) is 0 Å². The lowest BCUT2D eigenvalue weighted by Crippen LogP contribution is -1.83. The Balaban J connectivity index is 1.79. The summed E-state index contributed by atoms with van der Waals surface area (Å²) in [5.41, 5.74) is 2.46. The van der Waals surface area contributed by atoms with Gasteiger partial charge < -0.3 is 0 Å². The van der Waals surface area contributed by atoms with E-state index in [0.29, 0.717) is 0 Å². The van der Waals surface area contributed by atoms with Gasteiger partial charge in [0.15, 0.2) is 0 Å². The molecule has 0 aliphatic heterocycles. The maximum Gasteiger partial charge on any atom is 0.0630 e. The van der Waals surface area contributed by atoms with Gasteiger partial charge in [-0.3, -0.25) is 4.99 Å². The van der Waals surface area contributed by atoms with Crippen molar-refractivity contribution in [3.05, 3.63) is 51.7 Å². The molecule has 0 unspecified atom stereocenters. The van der Waals surface area contributed by atoms with E-state index in [0.717, 1.165) is 5.69 Å². The summed E-state index contributed by atoms with van der Waals surface area (Å²) < 4.78 is 0. The van der Waals surface area contributed by atoms with Crippen LogP contribution in [0.5, 0.6) is 0 Å². The second-order valence-corrected chi connectivity index (χ2v) is 7.70. The van der Waals surface area contributed by atoms with Gasteiger partial charge in [-0.25, -0.2) is 0 Å². The van der Waals surface area contributed by atoms with Crippen LogP contribution in [0, 0.1) is 0 Å². The number of aryl methyl sites for hydroxylation is 2. The molecule has 0 radical (unpaired) electrons. The molecule has 1 aromatic heterocycles. The SMILES string of the molecule is CCCCCCCc1ccc(C=Nc2ccc(CCCC)cc2)s1. The van der Waals surface area contributed by atoms with Crippen molar-refractivity contribution in [1.82, 2.24) is 0 Å². The van der Waals surface area contributed by atoms with Gasteiger partial charge in [0.25, 0.3) is 0 Å². The quantitative estimate of drug-likeness (QED) is 0.299. The van der Waals surface area contributed by atoms with Gasteiger partial charge in [0.05, 0.1) is 5.69 Å². The number of benzene rings is 1. The van der Waals surface area contributed by atoms with Gasteiger partial charge in [-0.15, -0.1) is 11.3 Å². The molecule has 2 rings (SSSR count). The molecule has 0 spiro atoms. The molecule has 0 bridgehead atoms. The van der Waals surface area contributed by atoms with E-state index in [2.05, 4.69) is 55.2 Å². The van der Waals surface area contributed by atoms with E-state index >= 15 is 0 Å². The lowest BCUT2D eigenvalue weighted by atomic mass is 10.1. The van der Waals surface area contributed by atoms with Crippen LogP contribution in [0.1, 0.15) is 74.1 Å². The fourth-order valence-corrected chi connectivity index (χ4v) is 3.70. The maximum atomic E-state index is 4.62.